The number of halogens is 2. The van der Waals surface area contributed by atoms with Gasteiger partial charge in [0.2, 0.25) is 11.8 Å². The highest BCUT2D eigenvalue weighted by Gasteiger charge is 2.37. The van der Waals surface area contributed by atoms with Crippen LogP contribution in [0.25, 0.3) is 0 Å². The predicted molar refractivity (Wildman–Crippen MR) is 66.7 cm³/mol. The molecule has 0 bridgehead atoms. The summed E-state index contributed by atoms with van der Waals surface area (Å²) in [5.41, 5.74) is 0.123. The van der Waals surface area contributed by atoms with Crippen molar-refractivity contribution in [3.63, 3.8) is 0 Å². The monoisotopic (exact) mass is 284 g/mol. The summed E-state index contributed by atoms with van der Waals surface area (Å²) in [7, 11) is 0. The van der Waals surface area contributed by atoms with E-state index in [2.05, 4.69) is 10.3 Å². The number of nitrogens with zero attached hydrogens (tertiary/aromatic N) is 1. The summed E-state index contributed by atoms with van der Waals surface area (Å²) < 4.78 is 26.0. The van der Waals surface area contributed by atoms with Crippen LogP contribution in [0.3, 0.4) is 0 Å². The van der Waals surface area contributed by atoms with Crippen molar-refractivity contribution in [1.29, 1.82) is 0 Å². The van der Waals surface area contributed by atoms with Crippen LogP contribution < -0.4 is 5.32 Å². The van der Waals surface area contributed by atoms with E-state index in [1.165, 1.54) is 18.3 Å². The van der Waals surface area contributed by atoms with Crippen LogP contribution in [0.2, 0.25) is 0 Å². The minimum Gasteiger partial charge on any atom is -0.477 e. The maximum absolute atomic E-state index is 13.0. The van der Waals surface area contributed by atoms with Gasteiger partial charge in [0.15, 0.2) is 0 Å². The molecule has 0 unspecified atom stereocenters. The number of aromatic nitrogens is 1. The zero-order valence-electron chi connectivity index (χ0n) is 10.6. The van der Waals surface area contributed by atoms with Crippen molar-refractivity contribution < 1.29 is 23.5 Å². The molecule has 1 aromatic rings. The van der Waals surface area contributed by atoms with Crippen molar-refractivity contribution in [3.05, 3.63) is 24.0 Å². The first kappa shape index (κ1) is 14.4. The lowest BCUT2D eigenvalue weighted by Gasteiger charge is -2.27. The lowest BCUT2D eigenvalue weighted by Crippen LogP contribution is -2.31. The van der Waals surface area contributed by atoms with Crippen LogP contribution in [0.4, 0.5) is 14.5 Å². The zero-order chi connectivity index (χ0) is 14.8. The number of carbonyl (C=O) groups excluding carboxylic acids is 1. The standard InChI is InChI=1S/C13H14F2N2O3/c14-13(15)4-1-8(2-5-13)11(18)17-9-3-6-16-10(7-9)12(19)20/h3,6-8H,1-2,4-5H2,(H,19,20)(H,16,17,18). The summed E-state index contributed by atoms with van der Waals surface area (Å²) in [5.74, 6) is -4.69. The normalized spacial score (nSPS) is 18.5. The first-order valence-corrected chi connectivity index (χ1v) is 6.25. The number of anilines is 1. The van der Waals surface area contributed by atoms with E-state index in [9.17, 15) is 18.4 Å². The molecule has 108 valence electrons. The van der Waals surface area contributed by atoms with Gasteiger partial charge >= 0.3 is 5.97 Å². The molecule has 1 aromatic heterocycles. The summed E-state index contributed by atoms with van der Waals surface area (Å²) in [5, 5.41) is 11.3. The molecule has 0 aromatic carbocycles. The van der Waals surface area contributed by atoms with Gasteiger partial charge in [0.25, 0.3) is 0 Å². The summed E-state index contributed by atoms with van der Waals surface area (Å²) >= 11 is 0. The van der Waals surface area contributed by atoms with E-state index in [4.69, 9.17) is 5.11 Å². The van der Waals surface area contributed by atoms with Crippen LogP contribution >= 0.6 is 0 Å². The molecule has 0 radical (unpaired) electrons. The second kappa shape index (κ2) is 5.52. The van der Waals surface area contributed by atoms with Crippen LogP contribution in [0.15, 0.2) is 18.3 Å². The molecular formula is C13H14F2N2O3. The first-order valence-electron chi connectivity index (χ1n) is 6.25. The quantitative estimate of drug-likeness (QED) is 0.894. The average Bonchev–Trinajstić information content (AvgIpc) is 2.38. The van der Waals surface area contributed by atoms with Crippen molar-refractivity contribution in [1.82, 2.24) is 4.98 Å². The fourth-order valence-corrected chi connectivity index (χ4v) is 2.17. The number of carboxylic acids is 1. The van der Waals surface area contributed by atoms with Gasteiger partial charge < -0.3 is 10.4 Å². The molecule has 1 fully saturated rings. The number of alkyl halides is 2. The average molecular weight is 284 g/mol. The van der Waals surface area contributed by atoms with Crippen LogP contribution in [0.1, 0.15) is 36.2 Å². The van der Waals surface area contributed by atoms with Gasteiger partial charge in [0.05, 0.1) is 0 Å². The minimum atomic E-state index is -2.68. The lowest BCUT2D eigenvalue weighted by molar-refractivity contribution is -0.124. The smallest absolute Gasteiger partial charge is 0.354 e. The first-order chi connectivity index (χ1) is 9.37. The zero-order valence-corrected chi connectivity index (χ0v) is 10.6. The fraction of sp³-hybridized carbons (Fsp3) is 0.462. The Labute approximate surface area is 114 Å². The number of rotatable bonds is 3. The second-order valence-electron chi connectivity index (χ2n) is 4.85. The van der Waals surface area contributed by atoms with E-state index in [0.717, 1.165) is 0 Å². The number of amides is 1. The number of aromatic carboxylic acids is 1. The molecule has 0 atom stereocenters. The molecular weight excluding hydrogens is 270 g/mol. The fourth-order valence-electron chi connectivity index (χ4n) is 2.17. The van der Waals surface area contributed by atoms with Crippen LogP contribution in [0.5, 0.6) is 0 Å². The Kier molecular flexibility index (Phi) is 3.96. The van der Waals surface area contributed by atoms with Gasteiger partial charge in [-0.2, -0.15) is 0 Å². The molecule has 0 aliphatic heterocycles. The molecule has 1 amide bonds. The van der Waals surface area contributed by atoms with E-state index in [0.29, 0.717) is 5.69 Å². The van der Waals surface area contributed by atoms with E-state index in [1.54, 1.807) is 0 Å². The lowest BCUT2D eigenvalue weighted by atomic mass is 9.86. The summed E-state index contributed by atoms with van der Waals surface area (Å²) in [4.78, 5) is 26.3. The molecule has 7 heteroatoms. The van der Waals surface area contributed by atoms with E-state index >= 15 is 0 Å². The van der Waals surface area contributed by atoms with Crippen LogP contribution in [0, 0.1) is 5.92 Å². The van der Waals surface area contributed by atoms with Crippen molar-refractivity contribution in [2.24, 2.45) is 5.92 Å². The molecule has 1 aliphatic rings. The third kappa shape index (κ3) is 3.49. The van der Waals surface area contributed by atoms with E-state index < -0.39 is 17.8 Å². The van der Waals surface area contributed by atoms with Crippen molar-refractivity contribution >= 4 is 17.6 Å². The Bertz CT molecular complexity index is 524. The Morgan fingerprint density at radius 1 is 1.35 bits per heavy atom. The minimum absolute atomic E-state index is 0.135. The van der Waals surface area contributed by atoms with Gasteiger partial charge in [-0.05, 0) is 25.0 Å². The largest absolute Gasteiger partial charge is 0.477 e. The Morgan fingerprint density at radius 3 is 2.60 bits per heavy atom. The highest BCUT2D eigenvalue weighted by atomic mass is 19.3. The third-order valence-corrected chi connectivity index (χ3v) is 3.33. The Hall–Kier alpha value is -2.05. The van der Waals surface area contributed by atoms with Gasteiger partial charge in [-0.25, -0.2) is 18.6 Å². The van der Waals surface area contributed by atoms with Gasteiger partial charge in [-0.3, -0.25) is 4.79 Å². The number of pyridine rings is 1. The molecule has 1 saturated carbocycles. The summed E-state index contributed by atoms with van der Waals surface area (Å²) in [6.07, 6.45) is 0.961. The maximum Gasteiger partial charge on any atom is 0.354 e. The van der Waals surface area contributed by atoms with Gasteiger partial charge in [0, 0.05) is 30.6 Å². The number of carbonyl (C=O) groups is 2. The van der Waals surface area contributed by atoms with Crippen molar-refractivity contribution in [2.75, 3.05) is 5.32 Å². The molecule has 1 aliphatic carbocycles. The molecule has 1 heterocycles. The molecule has 0 spiro atoms. The number of hydrogen-bond acceptors (Lipinski definition) is 3. The van der Waals surface area contributed by atoms with Gasteiger partial charge in [0.1, 0.15) is 5.69 Å². The van der Waals surface area contributed by atoms with Crippen LogP contribution in [-0.4, -0.2) is 27.9 Å². The Balaban J connectivity index is 1.98. The van der Waals surface area contributed by atoms with Crippen molar-refractivity contribution in [3.8, 4) is 0 Å². The molecule has 0 saturated heterocycles. The Morgan fingerprint density at radius 2 is 2.00 bits per heavy atom. The maximum atomic E-state index is 13.0. The van der Waals surface area contributed by atoms with E-state index in [-0.39, 0.29) is 37.3 Å². The number of carboxylic acid groups (broad SMARTS) is 1. The summed E-state index contributed by atoms with van der Waals surface area (Å²) in [6, 6.07) is 2.69. The summed E-state index contributed by atoms with van der Waals surface area (Å²) in [6.45, 7) is 0. The third-order valence-electron chi connectivity index (χ3n) is 3.33. The molecule has 2 N–H and O–H groups in total. The van der Waals surface area contributed by atoms with Gasteiger partial charge in [-0.15, -0.1) is 0 Å². The van der Waals surface area contributed by atoms with Crippen molar-refractivity contribution in [2.45, 2.75) is 31.6 Å². The van der Waals surface area contributed by atoms with Crippen LogP contribution in [-0.2, 0) is 4.79 Å². The SMILES string of the molecule is O=C(O)c1cc(NC(=O)C2CCC(F)(F)CC2)ccn1. The highest BCUT2D eigenvalue weighted by Crippen LogP contribution is 2.36. The number of hydrogen-bond donors (Lipinski definition) is 2. The highest BCUT2D eigenvalue weighted by molar-refractivity contribution is 5.94. The molecule has 20 heavy (non-hydrogen) atoms. The van der Waals surface area contributed by atoms with Gasteiger partial charge in [-0.1, -0.05) is 0 Å². The van der Waals surface area contributed by atoms with E-state index in [1.807, 2.05) is 0 Å². The number of nitrogens with one attached hydrogen (secondary N) is 1. The molecule has 5 nitrogen and oxygen atoms in total. The topological polar surface area (TPSA) is 79.3 Å². The predicted octanol–water partition coefficient (Wildman–Crippen LogP) is 2.54. The molecule has 2 rings (SSSR count). The second-order valence-corrected chi connectivity index (χ2v) is 4.85.